The number of nitrogens with zero attached hydrogens (tertiary/aromatic N) is 1. The highest BCUT2D eigenvalue weighted by atomic mass is 16.5. The van der Waals surface area contributed by atoms with Crippen LogP contribution in [0.25, 0.3) is 0 Å². The Morgan fingerprint density at radius 3 is 2.52 bits per heavy atom. The maximum absolute atomic E-state index is 10.1. The number of hydrogen-bond donors (Lipinski definition) is 1. The summed E-state index contributed by atoms with van der Waals surface area (Å²) < 4.78 is 11.3. The SMILES string of the molecule is CCOC1CCN(CC(O)COc2ccc(C)cc2)CC1. The molecule has 4 heteroatoms. The zero-order valence-corrected chi connectivity index (χ0v) is 13.1. The van der Waals surface area contributed by atoms with E-state index in [0.717, 1.165) is 38.3 Å². The third kappa shape index (κ3) is 5.65. The molecule has 0 spiro atoms. The van der Waals surface area contributed by atoms with Crippen molar-refractivity contribution in [2.45, 2.75) is 38.9 Å². The minimum Gasteiger partial charge on any atom is -0.491 e. The average Bonchev–Trinajstić information content (AvgIpc) is 2.49. The summed E-state index contributed by atoms with van der Waals surface area (Å²) in [5.41, 5.74) is 1.21. The van der Waals surface area contributed by atoms with Crippen molar-refractivity contribution in [2.24, 2.45) is 0 Å². The first-order chi connectivity index (χ1) is 10.2. The predicted molar refractivity (Wildman–Crippen MR) is 83.8 cm³/mol. The molecule has 1 heterocycles. The van der Waals surface area contributed by atoms with Crippen molar-refractivity contribution in [2.75, 3.05) is 32.8 Å². The third-order valence-corrected chi connectivity index (χ3v) is 3.87. The van der Waals surface area contributed by atoms with Gasteiger partial charge >= 0.3 is 0 Å². The lowest BCUT2D eigenvalue weighted by Crippen LogP contribution is -2.42. The highest BCUT2D eigenvalue weighted by Gasteiger charge is 2.21. The molecule has 4 nitrogen and oxygen atoms in total. The highest BCUT2D eigenvalue weighted by Crippen LogP contribution is 2.15. The summed E-state index contributed by atoms with van der Waals surface area (Å²) in [7, 11) is 0. The summed E-state index contributed by atoms with van der Waals surface area (Å²) in [6.45, 7) is 7.87. The van der Waals surface area contributed by atoms with E-state index in [1.54, 1.807) is 0 Å². The molecule has 1 atom stereocenters. The number of β-amino-alcohol motifs (C(OH)–C–C–N with tert-alkyl or cyclic N) is 1. The van der Waals surface area contributed by atoms with E-state index in [4.69, 9.17) is 9.47 Å². The maximum atomic E-state index is 10.1. The molecule has 2 rings (SSSR count). The van der Waals surface area contributed by atoms with Crippen LogP contribution in [-0.4, -0.2) is 55.1 Å². The van der Waals surface area contributed by atoms with Crippen LogP contribution in [0, 0.1) is 6.92 Å². The van der Waals surface area contributed by atoms with Gasteiger partial charge in [-0.2, -0.15) is 0 Å². The van der Waals surface area contributed by atoms with Crippen molar-refractivity contribution >= 4 is 0 Å². The lowest BCUT2D eigenvalue weighted by molar-refractivity contribution is -0.00185. The van der Waals surface area contributed by atoms with Crippen molar-refractivity contribution in [1.29, 1.82) is 0 Å². The molecule has 1 N–H and O–H groups in total. The van der Waals surface area contributed by atoms with Gasteiger partial charge in [0.15, 0.2) is 0 Å². The second kappa shape index (κ2) is 8.37. The largest absolute Gasteiger partial charge is 0.491 e. The van der Waals surface area contributed by atoms with E-state index < -0.39 is 6.10 Å². The molecule has 0 aliphatic carbocycles. The van der Waals surface area contributed by atoms with Crippen LogP contribution in [0.1, 0.15) is 25.3 Å². The van der Waals surface area contributed by atoms with Gasteiger partial charge < -0.3 is 19.5 Å². The van der Waals surface area contributed by atoms with E-state index in [2.05, 4.69) is 4.90 Å². The van der Waals surface area contributed by atoms with Crippen molar-refractivity contribution in [3.63, 3.8) is 0 Å². The molecule has 1 aliphatic heterocycles. The van der Waals surface area contributed by atoms with Gasteiger partial charge in [0.05, 0.1) is 6.10 Å². The number of likely N-dealkylation sites (tertiary alicyclic amines) is 1. The van der Waals surface area contributed by atoms with E-state index in [-0.39, 0.29) is 0 Å². The number of piperidine rings is 1. The molecule has 1 aromatic carbocycles. The number of aliphatic hydroxyl groups is 1. The van der Waals surface area contributed by atoms with E-state index in [1.165, 1.54) is 5.56 Å². The van der Waals surface area contributed by atoms with Gasteiger partial charge in [0.25, 0.3) is 0 Å². The van der Waals surface area contributed by atoms with Gasteiger partial charge in [0.2, 0.25) is 0 Å². The standard InChI is InChI=1S/C17H27NO3/c1-3-20-17-8-10-18(11-9-17)12-15(19)13-21-16-6-4-14(2)5-7-16/h4-7,15,17,19H,3,8-13H2,1-2H3. The smallest absolute Gasteiger partial charge is 0.119 e. The quantitative estimate of drug-likeness (QED) is 0.837. The van der Waals surface area contributed by atoms with Crippen molar-refractivity contribution in [3.8, 4) is 5.75 Å². The number of benzene rings is 1. The number of hydrogen-bond acceptors (Lipinski definition) is 4. The Balaban J connectivity index is 1.65. The van der Waals surface area contributed by atoms with Gasteiger partial charge in [-0.1, -0.05) is 17.7 Å². The summed E-state index contributed by atoms with van der Waals surface area (Å²) in [5.74, 6) is 0.815. The molecule has 1 aromatic rings. The molecule has 1 saturated heterocycles. The van der Waals surface area contributed by atoms with Gasteiger partial charge in [0, 0.05) is 26.2 Å². The summed E-state index contributed by atoms with van der Waals surface area (Å²) in [6, 6.07) is 7.91. The van der Waals surface area contributed by atoms with Crippen LogP contribution in [0.15, 0.2) is 24.3 Å². The average molecular weight is 293 g/mol. The van der Waals surface area contributed by atoms with E-state index in [1.807, 2.05) is 38.1 Å². The van der Waals surface area contributed by atoms with Gasteiger partial charge in [0.1, 0.15) is 18.5 Å². The summed E-state index contributed by atoms with van der Waals surface area (Å²) >= 11 is 0. The first kappa shape index (κ1) is 16.3. The van der Waals surface area contributed by atoms with Gasteiger partial charge in [-0.3, -0.25) is 0 Å². The van der Waals surface area contributed by atoms with Crippen LogP contribution in [0.3, 0.4) is 0 Å². The van der Waals surface area contributed by atoms with Gasteiger partial charge in [-0.25, -0.2) is 0 Å². The third-order valence-electron chi connectivity index (χ3n) is 3.87. The second-order valence-electron chi connectivity index (χ2n) is 5.73. The van der Waals surface area contributed by atoms with Crippen molar-refractivity contribution in [3.05, 3.63) is 29.8 Å². The molecule has 0 radical (unpaired) electrons. The summed E-state index contributed by atoms with van der Waals surface area (Å²) in [5, 5.41) is 10.1. The Labute approximate surface area is 127 Å². The first-order valence-electron chi connectivity index (χ1n) is 7.89. The van der Waals surface area contributed by atoms with Crippen LogP contribution < -0.4 is 4.74 Å². The normalized spacial score (nSPS) is 18.6. The Morgan fingerprint density at radius 1 is 1.24 bits per heavy atom. The minimum atomic E-state index is -0.449. The first-order valence-corrected chi connectivity index (χ1v) is 7.89. The Kier molecular flexibility index (Phi) is 6.49. The van der Waals surface area contributed by atoms with Crippen LogP contribution in [0.5, 0.6) is 5.75 Å². The molecule has 0 bridgehead atoms. The van der Waals surface area contributed by atoms with Gasteiger partial charge in [-0.05, 0) is 38.8 Å². The fourth-order valence-corrected chi connectivity index (χ4v) is 2.67. The Bertz CT molecular complexity index is 399. The Hall–Kier alpha value is -1.10. The number of rotatable bonds is 7. The molecular weight excluding hydrogens is 266 g/mol. The molecule has 0 aromatic heterocycles. The fourth-order valence-electron chi connectivity index (χ4n) is 2.67. The summed E-state index contributed by atoms with van der Waals surface area (Å²) in [4.78, 5) is 2.29. The highest BCUT2D eigenvalue weighted by molar-refractivity contribution is 5.26. The lowest BCUT2D eigenvalue weighted by atomic mass is 10.1. The summed E-state index contributed by atoms with van der Waals surface area (Å²) in [6.07, 6.45) is 2.06. The van der Waals surface area contributed by atoms with Crippen LogP contribution in [0.2, 0.25) is 0 Å². The molecule has 118 valence electrons. The molecular formula is C17H27NO3. The van der Waals surface area contributed by atoms with Crippen LogP contribution in [-0.2, 0) is 4.74 Å². The molecule has 0 saturated carbocycles. The van der Waals surface area contributed by atoms with E-state index in [9.17, 15) is 5.11 Å². The van der Waals surface area contributed by atoms with Gasteiger partial charge in [-0.15, -0.1) is 0 Å². The monoisotopic (exact) mass is 293 g/mol. The topological polar surface area (TPSA) is 41.9 Å². The molecule has 1 fully saturated rings. The van der Waals surface area contributed by atoms with Crippen LogP contribution >= 0.6 is 0 Å². The minimum absolute atomic E-state index is 0.342. The number of aliphatic hydroxyl groups excluding tert-OH is 1. The zero-order chi connectivity index (χ0) is 15.1. The van der Waals surface area contributed by atoms with E-state index in [0.29, 0.717) is 19.3 Å². The van der Waals surface area contributed by atoms with E-state index >= 15 is 0 Å². The predicted octanol–water partition coefficient (Wildman–Crippen LogP) is 2.24. The Morgan fingerprint density at radius 2 is 1.90 bits per heavy atom. The number of ether oxygens (including phenoxy) is 2. The lowest BCUT2D eigenvalue weighted by Gasteiger charge is -2.32. The fraction of sp³-hybridized carbons (Fsp3) is 0.647. The maximum Gasteiger partial charge on any atom is 0.119 e. The van der Waals surface area contributed by atoms with Crippen molar-refractivity contribution in [1.82, 2.24) is 4.90 Å². The van der Waals surface area contributed by atoms with Crippen LogP contribution in [0.4, 0.5) is 0 Å². The molecule has 1 aliphatic rings. The molecule has 0 amide bonds. The van der Waals surface area contributed by atoms with Crippen molar-refractivity contribution < 1.29 is 14.6 Å². The zero-order valence-electron chi connectivity index (χ0n) is 13.1. The number of aryl methyl sites for hydroxylation is 1. The second-order valence-corrected chi connectivity index (χ2v) is 5.73. The molecule has 1 unspecified atom stereocenters. The molecule has 21 heavy (non-hydrogen) atoms.